The topological polar surface area (TPSA) is 89.2 Å². The fourth-order valence-electron chi connectivity index (χ4n) is 3.55. The first-order valence-corrected chi connectivity index (χ1v) is 8.92. The first kappa shape index (κ1) is 16.0. The lowest BCUT2D eigenvalue weighted by Crippen LogP contribution is -2.44. The van der Waals surface area contributed by atoms with Gasteiger partial charge in [-0.1, -0.05) is 0 Å². The number of nitrogens with one attached hydrogen (secondary N) is 1. The number of hydrogen-bond acceptors (Lipinski definition) is 6. The van der Waals surface area contributed by atoms with Crippen LogP contribution in [0.25, 0.3) is 28.3 Å². The van der Waals surface area contributed by atoms with Gasteiger partial charge in [0.15, 0.2) is 11.5 Å². The van der Waals surface area contributed by atoms with E-state index in [0.717, 1.165) is 40.7 Å². The number of imidazole rings is 2. The Bertz CT molecular complexity index is 1080. The molecule has 27 heavy (non-hydrogen) atoms. The number of hydrogen-bond donors (Lipinski definition) is 1. The minimum Gasteiger partial charge on any atom is -0.377 e. The van der Waals surface area contributed by atoms with Crippen LogP contribution < -0.4 is 4.90 Å². The fourth-order valence-corrected chi connectivity index (χ4v) is 3.55. The van der Waals surface area contributed by atoms with E-state index in [2.05, 4.69) is 38.1 Å². The molecule has 0 radical (unpaired) electrons. The molecule has 1 aliphatic rings. The first-order chi connectivity index (χ1) is 13.2. The standard InChI is InChI=1S/C18H20N8O/c1-12-10-27-6-5-25(12)17-7-13(15-8-19-11-24(15)2)18-20-9-16(26(18)23-17)14-3-4-21-22-14/h3-4,7-9,11-12H,5-6,10H2,1-2H3,(H,21,22)/t12-/m1/s1. The third-order valence-corrected chi connectivity index (χ3v) is 4.99. The minimum atomic E-state index is 0.252. The number of morpholine rings is 1. The number of fused-ring (bicyclic) bond motifs is 1. The summed E-state index contributed by atoms with van der Waals surface area (Å²) in [6.45, 7) is 4.34. The van der Waals surface area contributed by atoms with Crippen LogP contribution in [0, 0.1) is 0 Å². The third kappa shape index (κ3) is 2.58. The molecular weight excluding hydrogens is 344 g/mol. The number of aromatic nitrogens is 7. The van der Waals surface area contributed by atoms with E-state index in [9.17, 15) is 0 Å². The van der Waals surface area contributed by atoms with E-state index in [-0.39, 0.29) is 6.04 Å². The molecular formula is C18H20N8O. The van der Waals surface area contributed by atoms with E-state index in [1.54, 1.807) is 12.5 Å². The van der Waals surface area contributed by atoms with Crippen LogP contribution in [0.3, 0.4) is 0 Å². The molecule has 9 heteroatoms. The Balaban J connectivity index is 1.76. The molecule has 0 saturated carbocycles. The molecule has 0 spiro atoms. The van der Waals surface area contributed by atoms with Crippen LogP contribution in [-0.4, -0.2) is 60.1 Å². The molecule has 1 saturated heterocycles. The molecule has 0 unspecified atom stereocenters. The fraction of sp³-hybridized carbons (Fsp3) is 0.333. The summed E-state index contributed by atoms with van der Waals surface area (Å²) < 4.78 is 9.47. The molecule has 9 nitrogen and oxygen atoms in total. The Labute approximate surface area is 155 Å². The SMILES string of the molecule is C[C@@H]1COCCN1c1cc(-c2cncn2C)c2ncc(-c3ccn[nH]3)n2n1. The largest absolute Gasteiger partial charge is 0.377 e. The molecule has 138 valence electrons. The highest BCUT2D eigenvalue weighted by atomic mass is 16.5. The van der Waals surface area contributed by atoms with Gasteiger partial charge >= 0.3 is 0 Å². The number of anilines is 1. The van der Waals surface area contributed by atoms with Crippen molar-refractivity contribution < 1.29 is 4.74 Å². The molecule has 1 fully saturated rings. The second kappa shape index (κ2) is 6.20. The second-order valence-electron chi connectivity index (χ2n) is 6.77. The molecule has 5 rings (SSSR count). The molecule has 1 N–H and O–H groups in total. The van der Waals surface area contributed by atoms with Crippen LogP contribution in [0.2, 0.25) is 0 Å². The third-order valence-electron chi connectivity index (χ3n) is 4.99. The van der Waals surface area contributed by atoms with Gasteiger partial charge in [0.05, 0.1) is 49.4 Å². The smallest absolute Gasteiger partial charge is 0.163 e. The Morgan fingerprint density at radius 1 is 1.26 bits per heavy atom. The average molecular weight is 364 g/mol. The zero-order chi connectivity index (χ0) is 18.4. The van der Waals surface area contributed by atoms with Gasteiger partial charge in [-0.15, -0.1) is 5.10 Å². The summed E-state index contributed by atoms with van der Waals surface area (Å²) in [5.41, 5.74) is 4.51. The second-order valence-corrected chi connectivity index (χ2v) is 6.77. The van der Waals surface area contributed by atoms with Gasteiger partial charge in [-0.05, 0) is 19.1 Å². The quantitative estimate of drug-likeness (QED) is 0.596. The summed E-state index contributed by atoms with van der Waals surface area (Å²) in [5.74, 6) is 0.897. The molecule has 5 heterocycles. The molecule has 0 bridgehead atoms. The van der Waals surface area contributed by atoms with Gasteiger partial charge in [0.25, 0.3) is 0 Å². The lowest BCUT2D eigenvalue weighted by atomic mass is 10.2. The van der Waals surface area contributed by atoms with E-state index in [4.69, 9.17) is 9.84 Å². The normalized spacial score (nSPS) is 17.7. The highest BCUT2D eigenvalue weighted by molar-refractivity contribution is 5.79. The number of rotatable bonds is 3. The monoisotopic (exact) mass is 364 g/mol. The van der Waals surface area contributed by atoms with Gasteiger partial charge in [-0.2, -0.15) is 5.10 Å². The Hall–Kier alpha value is -3.20. The van der Waals surface area contributed by atoms with E-state index in [1.165, 1.54) is 0 Å². The highest BCUT2D eigenvalue weighted by Crippen LogP contribution is 2.30. The minimum absolute atomic E-state index is 0.252. The summed E-state index contributed by atoms with van der Waals surface area (Å²) in [5, 5.41) is 12.0. The molecule has 1 atom stereocenters. The van der Waals surface area contributed by atoms with Crippen molar-refractivity contribution in [2.24, 2.45) is 7.05 Å². The van der Waals surface area contributed by atoms with Crippen molar-refractivity contribution in [3.63, 3.8) is 0 Å². The van der Waals surface area contributed by atoms with Crippen molar-refractivity contribution in [1.82, 2.24) is 34.3 Å². The zero-order valence-electron chi connectivity index (χ0n) is 15.2. The van der Waals surface area contributed by atoms with Crippen LogP contribution in [0.15, 0.2) is 37.1 Å². The summed E-state index contributed by atoms with van der Waals surface area (Å²) in [7, 11) is 1.98. The maximum atomic E-state index is 5.59. The van der Waals surface area contributed by atoms with Crippen molar-refractivity contribution in [3.05, 3.63) is 37.1 Å². The Morgan fingerprint density at radius 2 is 2.19 bits per heavy atom. The summed E-state index contributed by atoms with van der Waals surface area (Å²) in [6.07, 6.45) is 7.20. The Kier molecular flexibility index (Phi) is 3.68. The number of nitrogens with zero attached hydrogens (tertiary/aromatic N) is 7. The summed E-state index contributed by atoms with van der Waals surface area (Å²) in [4.78, 5) is 11.2. The Morgan fingerprint density at radius 3 is 2.93 bits per heavy atom. The van der Waals surface area contributed by atoms with Crippen LogP contribution >= 0.6 is 0 Å². The summed E-state index contributed by atoms with van der Waals surface area (Å²) in [6, 6.07) is 4.26. The van der Waals surface area contributed by atoms with E-state index >= 15 is 0 Å². The van der Waals surface area contributed by atoms with Gasteiger partial charge in [-0.25, -0.2) is 14.5 Å². The van der Waals surface area contributed by atoms with E-state index < -0.39 is 0 Å². The van der Waals surface area contributed by atoms with Crippen molar-refractivity contribution in [1.29, 1.82) is 0 Å². The number of H-pyrrole nitrogens is 1. The van der Waals surface area contributed by atoms with Gasteiger partial charge in [0, 0.05) is 25.4 Å². The zero-order valence-corrected chi connectivity index (χ0v) is 15.2. The molecule has 1 aliphatic heterocycles. The van der Waals surface area contributed by atoms with Crippen LogP contribution in [-0.2, 0) is 11.8 Å². The van der Waals surface area contributed by atoms with Crippen LogP contribution in [0.1, 0.15) is 6.92 Å². The van der Waals surface area contributed by atoms with E-state index in [1.807, 2.05) is 34.6 Å². The van der Waals surface area contributed by atoms with Crippen LogP contribution in [0.5, 0.6) is 0 Å². The number of aromatic amines is 1. The van der Waals surface area contributed by atoms with Gasteiger partial charge < -0.3 is 14.2 Å². The molecule has 0 aromatic carbocycles. The van der Waals surface area contributed by atoms with Crippen molar-refractivity contribution in [2.45, 2.75) is 13.0 Å². The predicted molar refractivity (Wildman–Crippen MR) is 100 cm³/mol. The van der Waals surface area contributed by atoms with Gasteiger partial charge in [0.2, 0.25) is 0 Å². The van der Waals surface area contributed by atoms with Crippen molar-refractivity contribution >= 4 is 11.5 Å². The van der Waals surface area contributed by atoms with Gasteiger partial charge in [0.1, 0.15) is 5.69 Å². The van der Waals surface area contributed by atoms with Crippen molar-refractivity contribution in [3.8, 4) is 22.6 Å². The predicted octanol–water partition coefficient (Wildman–Crippen LogP) is 1.74. The number of aryl methyl sites for hydroxylation is 1. The lowest BCUT2D eigenvalue weighted by Gasteiger charge is -2.34. The number of ether oxygens (including phenoxy) is 1. The van der Waals surface area contributed by atoms with Crippen molar-refractivity contribution in [2.75, 3.05) is 24.7 Å². The molecule has 0 amide bonds. The van der Waals surface area contributed by atoms with Gasteiger partial charge in [-0.3, -0.25) is 5.10 Å². The average Bonchev–Trinajstić information content (AvgIpc) is 3.41. The van der Waals surface area contributed by atoms with E-state index in [0.29, 0.717) is 13.2 Å². The highest BCUT2D eigenvalue weighted by Gasteiger charge is 2.24. The summed E-state index contributed by atoms with van der Waals surface area (Å²) >= 11 is 0. The molecule has 4 aromatic heterocycles. The van der Waals surface area contributed by atoms with Crippen LogP contribution in [0.4, 0.5) is 5.82 Å². The first-order valence-electron chi connectivity index (χ1n) is 8.92. The maximum absolute atomic E-state index is 5.59. The maximum Gasteiger partial charge on any atom is 0.163 e. The lowest BCUT2D eigenvalue weighted by molar-refractivity contribution is 0.0984. The molecule has 4 aromatic rings. The molecule has 0 aliphatic carbocycles.